The third kappa shape index (κ3) is 3.94. The van der Waals surface area contributed by atoms with Gasteiger partial charge in [0.05, 0.1) is 0 Å². The van der Waals surface area contributed by atoms with Gasteiger partial charge in [-0.3, -0.25) is 0 Å². The number of H-pyrrole nitrogens is 1. The number of benzene rings is 8. The summed E-state index contributed by atoms with van der Waals surface area (Å²) < 4.78 is 0. The first kappa shape index (κ1) is 24.0. The lowest BCUT2D eigenvalue weighted by molar-refractivity contribution is 1.54. The molecule has 8 aromatic carbocycles. The van der Waals surface area contributed by atoms with Gasteiger partial charge in [0.2, 0.25) is 0 Å². The third-order valence-corrected chi connectivity index (χ3v) is 8.96. The zero-order valence-electron chi connectivity index (χ0n) is 23.5. The van der Waals surface area contributed by atoms with Gasteiger partial charge in [0.1, 0.15) is 0 Å². The van der Waals surface area contributed by atoms with E-state index < -0.39 is 0 Å². The Morgan fingerprint density at radius 1 is 0.279 bits per heavy atom. The number of hydrogen-bond acceptors (Lipinski definition) is 0. The van der Waals surface area contributed by atoms with Crippen LogP contribution in [-0.2, 0) is 0 Å². The van der Waals surface area contributed by atoms with Crippen molar-refractivity contribution < 1.29 is 0 Å². The van der Waals surface area contributed by atoms with Crippen molar-refractivity contribution in [1.82, 2.24) is 4.98 Å². The molecule has 0 saturated heterocycles. The van der Waals surface area contributed by atoms with Crippen LogP contribution in [-0.4, -0.2) is 4.98 Å². The van der Waals surface area contributed by atoms with Crippen LogP contribution in [0.1, 0.15) is 0 Å². The molecule has 9 aromatic rings. The molecular weight excluding hydrogens is 518 g/mol. The molecule has 0 aliphatic rings. The van der Waals surface area contributed by atoms with Gasteiger partial charge in [-0.1, -0.05) is 115 Å². The molecule has 0 spiro atoms. The zero-order valence-corrected chi connectivity index (χ0v) is 23.5. The second kappa shape index (κ2) is 9.44. The third-order valence-electron chi connectivity index (χ3n) is 8.96. The van der Waals surface area contributed by atoms with E-state index in [0.717, 1.165) is 11.0 Å². The molecule has 0 aliphatic carbocycles. The van der Waals surface area contributed by atoms with Gasteiger partial charge in [0, 0.05) is 21.8 Å². The van der Waals surface area contributed by atoms with Crippen molar-refractivity contribution in [2.45, 2.75) is 0 Å². The summed E-state index contributed by atoms with van der Waals surface area (Å²) in [6.45, 7) is 0. The summed E-state index contributed by atoms with van der Waals surface area (Å²) in [6, 6.07) is 57.6. The molecule has 0 bridgehead atoms. The van der Waals surface area contributed by atoms with Crippen molar-refractivity contribution in [1.29, 1.82) is 0 Å². The Morgan fingerprint density at radius 2 is 0.837 bits per heavy atom. The van der Waals surface area contributed by atoms with Crippen LogP contribution in [0, 0.1) is 0 Å². The molecule has 9 rings (SSSR count). The first-order chi connectivity index (χ1) is 21.3. The van der Waals surface area contributed by atoms with Gasteiger partial charge < -0.3 is 4.98 Å². The summed E-state index contributed by atoms with van der Waals surface area (Å²) in [4.78, 5) is 3.64. The number of aromatic amines is 1. The van der Waals surface area contributed by atoms with Crippen molar-refractivity contribution >= 4 is 54.1 Å². The molecule has 0 atom stereocenters. The second-order valence-electron chi connectivity index (χ2n) is 11.5. The lowest BCUT2D eigenvalue weighted by atomic mass is 9.91. The van der Waals surface area contributed by atoms with Crippen LogP contribution < -0.4 is 0 Å². The number of hydrogen-bond donors (Lipinski definition) is 1. The molecule has 0 aliphatic heterocycles. The van der Waals surface area contributed by atoms with Gasteiger partial charge in [0.15, 0.2) is 0 Å². The maximum absolute atomic E-state index is 3.64. The molecule has 0 amide bonds. The van der Waals surface area contributed by atoms with Gasteiger partial charge in [-0.25, -0.2) is 0 Å². The Kier molecular flexibility index (Phi) is 5.27. The van der Waals surface area contributed by atoms with E-state index in [-0.39, 0.29) is 0 Å². The van der Waals surface area contributed by atoms with Crippen LogP contribution in [0.15, 0.2) is 158 Å². The molecule has 1 nitrogen and oxygen atoms in total. The van der Waals surface area contributed by atoms with Gasteiger partial charge in [0.25, 0.3) is 0 Å². The Hall–Kier alpha value is -5.66. The van der Waals surface area contributed by atoms with Gasteiger partial charge >= 0.3 is 0 Å². The monoisotopic (exact) mass is 545 g/mol. The molecule has 43 heavy (non-hydrogen) atoms. The maximum atomic E-state index is 3.64. The lowest BCUT2D eigenvalue weighted by Crippen LogP contribution is -1.86. The van der Waals surface area contributed by atoms with Crippen molar-refractivity contribution in [2.24, 2.45) is 0 Å². The highest BCUT2D eigenvalue weighted by atomic mass is 14.7. The molecule has 200 valence electrons. The fourth-order valence-corrected chi connectivity index (χ4v) is 6.78. The van der Waals surface area contributed by atoms with Crippen LogP contribution >= 0.6 is 0 Å². The molecule has 1 heteroatoms. The first-order valence-electron chi connectivity index (χ1n) is 14.8. The number of nitrogens with one attached hydrogen (secondary N) is 1. The quantitative estimate of drug-likeness (QED) is 0.213. The fourth-order valence-electron chi connectivity index (χ4n) is 6.78. The van der Waals surface area contributed by atoms with Crippen molar-refractivity contribution in [2.75, 3.05) is 0 Å². The summed E-state index contributed by atoms with van der Waals surface area (Å²) in [5, 5.41) is 10.2. The minimum atomic E-state index is 1.16. The Morgan fingerprint density at radius 3 is 1.60 bits per heavy atom. The first-order valence-corrected chi connectivity index (χ1v) is 14.8. The van der Waals surface area contributed by atoms with E-state index >= 15 is 0 Å². The van der Waals surface area contributed by atoms with E-state index in [1.165, 1.54) is 76.5 Å². The van der Waals surface area contributed by atoms with E-state index in [2.05, 4.69) is 163 Å². The molecule has 0 radical (unpaired) electrons. The largest absolute Gasteiger partial charge is 0.355 e. The number of fused-ring (bicyclic) bond motifs is 7. The van der Waals surface area contributed by atoms with E-state index in [0.29, 0.717) is 0 Å². The van der Waals surface area contributed by atoms with E-state index in [1.807, 2.05) is 0 Å². The maximum Gasteiger partial charge on any atom is 0.0465 e. The predicted molar refractivity (Wildman–Crippen MR) is 185 cm³/mol. The second-order valence-corrected chi connectivity index (χ2v) is 11.5. The SMILES string of the molecule is c1cc(-c2ccc3[nH]c4ccc(-c5ccc6ccccc6c5)cc4c3c2)cc(-c2cc3ccccc3c3ccccc23)c1. The van der Waals surface area contributed by atoms with Crippen LogP contribution in [0.25, 0.3) is 87.5 Å². The number of aromatic nitrogens is 1. The molecule has 0 fully saturated rings. The summed E-state index contributed by atoms with van der Waals surface area (Å²) in [5.41, 5.74) is 9.73. The minimum absolute atomic E-state index is 1.16. The van der Waals surface area contributed by atoms with Crippen LogP contribution in [0.4, 0.5) is 0 Å². The van der Waals surface area contributed by atoms with E-state index in [9.17, 15) is 0 Å². The molecular formula is C42H27N. The smallest absolute Gasteiger partial charge is 0.0465 e. The summed E-state index contributed by atoms with van der Waals surface area (Å²) in [6.07, 6.45) is 0. The van der Waals surface area contributed by atoms with Crippen LogP contribution in [0.2, 0.25) is 0 Å². The Labute approximate surface area is 249 Å². The molecule has 0 saturated carbocycles. The molecule has 1 heterocycles. The van der Waals surface area contributed by atoms with Gasteiger partial charge in [-0.15, -0.1) is 0 Å². The predicted octanol–water partition coefficient (Wildman–Crippen LogP) is 11.8. The highest BCUT2D eigenvalue weighted by Gasteiger charge is 2.12. The highest BCUT2D eigenvalue weighted by molar-refractivity contribution is 6.14. The van der Waals surface area contributed by atoms with Crippen LogP contribution in [0.3, 0.4) is 0 Å². The van der Waals surface area contributed by atoms with E-state index in [4.69, 9.17) is 0 Å². The van der Waals surface area contributed by atoms with Crippen molar-refractivity contribution in [3.63, 3.8) is 0 Å². The van der Waals surface area contributed by atoms with E-state index in [1.54, 1.807) is 0 Å². The minimum Gasteiger partial charge on any atom is -0.355 e. The fraction of sp³-hybridized carbons (Fsp3) is 0. The topological polar surface area (TPSA) is 15.8 Å². The zero-order chi connectivity index (χ0) is 28.3. The highest BCUT2D eigenvalue weighted by Crippen LogP contribution is 2.38. The van der Waals surface area contributed by atoms with Crippen molar-refractivity contribution in [3.05, 3.63) is 158 Å². The molecule has 1 N–H and O–H groups in total. The molecule has 1 aromatic heterocycles. The Bertz CT molecular complexity index is 2510. The number of rotatable bonds is 3. The van der Waals surface area contributed by atoms with Gasteiger partial charge in [-0.2, -0.15) is 0 Å². The lowest BCUT2D eigenvalue weighted by Gasteiger charge is -2.12. The average molecular weight is 546 g/mol. The standard InChI is InChI=1S/C42H27N/c1-2-9-28-22-30(17-16-27(28)8-1)32-19-21-42-40(25-32)39-24-31(18-20-41(39)43-42)29-11-7-12-33(23-29)38-26-34-10-3-4-13-35(34)36-14-5-6-15-37(36)38/h1-26,43H. The molecule has 0 unspecified atom stereocenters. The van der Waals surface area contributed by atoms with Crippen molar-refractivity contribution in [3.8, 4) is 33.4 Å². The average Bonchev–Trinajstić information content (AvgIpc) is 3.45. The van der Waals surface area contributed by atoms with Gasteiger partial charge in [-0.05, 0) is 108 Å². The van der Waals surface area contributed by atoms with Crippen LogP contribution in [0.5, 0.6) is 0 Å². The summed E-state index contributed by atoms with van der Waals surface area (Å²) >= 11 is 0. The summed E-state index contributed by atoms with van der Waals surface area (Å²) in [5.74, 6) is 0. The summed E-state index contributed by atoms with van der Waals surface area (Å²) in [7, 11) is 0. The normalized spacial score (nSPS) is 11.7. The Balaban J connectivity index is 1.17.